The number of rotatable bonds is 2. The molecule has 0 amide bonds. The second-order valence-electron chi connectivity index (χ2n) is 4.17. The van der Waals surface area contributed by atoms with Gasteiger partial charge in [-0.05, 0) is 18.3 Å². The third-order valence-corrected chi connectivity index (χ3v) is 4.05. The lowest BCUT2D eigenvalue weighted by Gasteiger charge is -2.17. The molecule has 0 saturated carbocycles. The third kappa shape index (κ3) is 2.44. The monoisotopic (exact) mass is 246 g/mol. The minimum absolute atomic E-state index is 0.216. The molecule has 2 N–H and O–H groups in total. The van der Waals surface area contributed by atoms with Crippen molar-refractivity contribution in [1.82, 2.24) is 0 Å². The zero-order chi connectivity index (χ0) is 12.5. The van der Waals surface area contributed by atoms with Crippen LogP contribution in [0.1, 0.15) is 0 Å². The molecule has 0 spiro atoms. The van der Waals surface area contributed by atoms with Gasteiger partial charge in [0, 0.05) is 18.0 Å². The lowest BCUT2D eigenvalue weighted by molar-refractivity contribution is 0.477. The first-order valence-corrected chi connectivity index (χ1v) is 7.69. The van der Waals surface area contributed by atoms with Gasteiger partial charge >= 0.3 is 0 Å². The Kier molecular flexibility index (Phi) is 3.10. The van der Waals surface area contributed by atoms with Crippen molar-refractivity contribution in [3.05, 3.63) is 48.5 Å². The van der Waals surface area contributed by atoms with Crippen LogP contribution in [0, 0.1) is 0 Å². The summed E-state index contributed by atoms with van der Waals surface area (Å²) in [6, 6.07) is 14.6. The Labute approximate surface area is 101 Å². The van der Waals surface area contributed by atoms with Crippen LogP contribution in [0.4, 0.5) is 0 Å². The van der Waals surface area contributed by atoms with Crippen molar-refractivity contribution in [3.63, 3.8) is 0 Å². The van der Waals surface area contributed by atoms with Crippen LogP contribution in [-0.2, 0) is 0 Å². The van der Waals surface area contributed by atoms with E-state index in [-0.39, 0.29) is 5.75 Å². The van der Waals surface area contributed by atoms with Crippen molar-refractivity contribution >= 4 is 18.7 Å². The molecule has 3 heteroatoms. The molecule has 0 saturated heterocycles. The number of aromatic hydroxyl groups is 1. The fraction of sp³-hybridized carbons (Fsp3) is 0.0714. The molecule has 2 rings (SSSR count). The van der Waals surface area contributed by atoms with Gasteiger partial charge in [-0.1, -0.05) is 48.8 Å². The van der Waals surface area contributed by atoms with E-state index in [0.29, 0.717) is 0 Å². The molecular weight excluding hydrogens is 231 g/mol. The first-order valence-electron chi connectivity index (χ1n) is 5.32. The highest BCUT2D eigenvalue weighted by Gasteiger charge is 2.14. The summed E-state index contributed by atoms with van der Waals surface area (Å²) in [5, 5.41) is 10.7. The van der Waals surface area contributed by atoms with E-state index in [4.69, 9.17) is 0 Å². The van der Waals surface area contributed by atoms with E-state index in [2.05, 4.69) is 6.30 Å². The van der Waals surface area contributed by atoms with Crippen molar-refractivity contribution in [2.45, 2.75) is 0 Å². The Bertz CT molecular complexity index is 584. The maximum absolute atomic E-state index is 10.1. The van der Waals surface area contributed by atoms with Crippen LogP contribution < -0.4 is 5.30 Å². The van der Waals surface area contributed by atoms with Crippen molar-refractivity contribution < 1.29 is 10.00 Å². The summed E-state index contributed by atoms with van der Waals surface area (Å²) in [4.78, 5) is 10.1. The summed E-state index contributed by atoms with van der Waals surface area (Å²) >= 11 is 0. The van der Waals surface area contributed by atoms with Gasteiger partial charge in [-0.2, -0.15) is 0 Å². The summed E-state index contributed by atoms with van der Waals surface area (Å²) in [5.74, 6) is 0.216. The first-order chi connectivity index (χ1) is 8.00. The number of phenolic OH excluding ortho intramolecular Hbond substituents is 1. The van der Waals surface area contributed by atoms with Crippen molar-refractivity contribution in [3.8, 4) is 16.9 Å². The number of para-hydroxylation sites is 1. The Morgan fingerprint density at radius 2 is 1.47 bits per heavy atom. The van der Waals surface area contributed by atoms with E-state index in [9.17, 15) is 10.00 Å². The topological polar surface area (TPSA) is 40.5 Å². The van der Waals surface area contributed by atoms with Gasteiger partial charge in [-0.3, -0.25) is 0 Å². The molecule has 2 aromatic carbocycles. The number of hydrogen-bond donors (Lipinski definition) is 2. The zero-order valence-electron chi connectivity index (χ0n) is 9.67. The molecule has 0 bridgehead atoms. The molecule has 0 aliphatic heterocycles. The van der Waals surface area contributed by atoms with Crippen molar-refractivity contribution in [2.75, 3.05) is 6.66 Å². The summed E-state index contributed by atoms with van der Waals surface area (Å²) in [5.41, 5.74) is 1.57. The zero-order valence-corrected chi connectivity index (χ0v) is 10.6. The first kappa shape index (κ1) is 12.0. The van der Waals surface area contributed by atoms with E-state index in [1.165, 1.54) is 0 Å². The van der Waals surface area contributed by atoms with Gasteiger partial charge in [-0.25, -0.2) is 0 Å². The summed E-state index contributed by atoms with van der Waals surface area (Å²) in [6.07, 6.45) is 3.84. The number of benzene rings is 2. The molecule has 88 valence electrons. The smallest absolute Gasteiger partial charge is 0.123 e. The second kappa shape index (κ2) is 4.40. The Morgan fingerprint density at radius 3 is 2.06 bits per heavy atom. The molecule has 0 heterocycles. The van der Waals surface area contributed by atoms with Gasteiger partial charge in [0.1, 0.15) is 5.75 Å². The minimum atomic E-state index is -2.35. The molecular formula is C14H15O2P. The fourth-order valence-corrected chi connectivity index (χ4v) is 2.94. The predicted molar refractivity (Wildman–Crippen MR) is 75.4 cm³/mol. The van der Waals surface area contributed by atoms with Crippen LogP contribution in [0.25, 0.3) is 11.1 Å². The van der Waals surface area contributed by atoms with Gasteiger partial charge in [0.05, 0.1) is 0 Å². The van der Waals surface area contributed by atoms with E-state index in [1.807, 2.05) is 36.4 Å². The predicted octanol–water partition coefficient (Wildman–Crippen LogP) is 2.67. The van der Waals surface area contributed by atoms with Crippen molar-refractivity contribution in [2.24, 2.45) is 0 Å². The lowest BCUT2D eigenvalue weighted by atomic mass is 10.0. The molecule has 0 fully saturated rings. The van der Waals surface area contributed by atoms with Gasteiger partial charge in [-0.15, -0.1) is 0 Å². The molecule has 2 aromatic rings. The van der Waals surface area contributed by atoms with Crippen LogP contribution in [0.5, 0.6) is 5.75 Å². The number of phenols is 1. The Hall–Kier alpha value is -1.50. The maximum atomic E-state index is 10.1. The van der Waals surface area contributed by atoms with E-state index < -0.39 is 7.11 Å². The molecule has 0 aliphatic rings. The molecule has 0 aliphatic carbocycles. The molecule has 0 radical (unpaired) electrons. The molecule has 0 aromatic heterocycles. The minimum Gasteiger partial charge on any atom is -0.507 e. The lowest BCUT2D eigenvalue weighted by Crippen LogP contribution is -2.07. The average molecular weight is 246 g/mol. The van der Waals surface area contributed by atoms with Crippen LogP contribution in [0.15, 0.2) is 48.5 Å². The Morgan fingerprint density at radius 1 is 0.941 bits per heavy atom. The van der Waals surface area contributed by atoms with Crippen LogP contribution in [-0.4, -0.2) is 23.0 Å². The molecule has 17 heavy (non-hydrogen) atoms. The summed E-state index contributed by atoms with van der Waals surface area (Å²) in [7, 11) is -2.35. The van der Waals surface area contributed by atoms with Gasteiger partial charge in [0.15, 0.2) is 0 Å². The largest absolute Gasteiger partial charge is 0.507 e. The van der Waals surface area contributed by atoms with E-state index >= 15 is 0 Å². The Balaban J connectivity index is 2.69. The highest BCUT2D eigenvalue weighted by molar-refractivity contribution is 7.75. The van der Waals surface area contributed by atoms with Gasteiger partial charge in [0.25, 0.3) is 0 Å². The highest BCUT2D eigenvalue weighted by atomic mass is 31.2. The van der Waals surface area contributed by atoms with Crippen LogP contribution in [0.2, 0.25) is 0 Å². The molecule has 1 unspecified atom stereocenters. The molecule has 1 atom stereocenters. The quantitative estimate of drug-likeness (QED) is 0.800. The van der Waals surface area contributed by atoms with Gasteiger partial charge < -0.3 is 10.00 Å². The normalized spacial score (nSPS) is 14.2. The standard InChI is InChI=1S/C14H15O2P/c1-17(2,16)14-10-6-4-8-12(14)11-7-3-5-9-13(11)15/h3-10,15-16H,1H2,2H3. The number of hydrogen-bond acceptors (Lipinski definition) is 2. The highest BCUT2D eigenvalue weighted by Crippen LogP contribution is 2.39. The third-order valence-electron chi connectivity index (χ3n) is 2.62. The average Bonchev–Trinajstić information content (AvgIpc) is 2.28. The summed E-state index contributed by atoms with van der Waals surface area (Å²) in [6.45, 7) is 1.74. The SMILES string of the molecule is C=P(C)(O)c1ccccc1-c1ccccc1O. The van der Waals surface area contributed by atoms with E-state index in [0.717, 1.165) is 16.4 Å². The van der Waals surface area contributed by atoms with Gasteiger partial charge in [0.2, 0.25) is 0 Å². The molecule has 2 nitrogen and oxygen atoms in total. The van der Waals surface area contributed by atoms with E-state index in [1.54, 1.807) is 18.8 Å². The van der Waals surface area contributed by atoms with Crippen LogP contribution in [0.3, 0.4) is 0 Å². The maximum Gasteiger partial charge on any atom is 0.123 e. The fourth-order valence-electron chi connectivity index (χ4n) is 1.82. The second-order valence-corrected chi connectivity index (χ2v) is 6.93. The van der Waals surface area contributed by atoms with Crippen LogP contribution >= 0.6 is 7.11 Å². The van der Waals surface area contributed by atoms with Crippen molar-refractivity contribution in [1.29, 1.82) is 0 Å². The summed E-state index contributed by atoms with van der Waals surface area (Å²) < 4.78 is 0.